The zero-order valence-electron chi connectivity index (χ0n) is 21.9. The van der Waals surface area contributed by atoms with E-state index in [1.165, 1.54) is 33.9 Å². The molecule has 1 saturated carbocycles. The first-order chi connectivity index (χ1) is 19.4. The van der Waals surface area contributed by atoms with E-state index in [1.807, 2.05) is 4.90 Å². The van der Waals surface area contributed by atoms with E-state index in [-0.39, 0.29) is 35.9 Å². The molecule has 0 spiro atoms. The van der Waals surface area contributed by atoms with E-state index in [1.54, 1.807) is 30.5 Å². The molecule has 0 atom stereocenters. The number of aliphatic hydroxyl groups is 1. The first-order valence-corrected chi connectivity index (χ1v) is 13.5. The van der Waals surface area contributed by atoms with Gasteiger partial charge in [-0.1, -0.05) is 0 Å². The summed E-state index contributed by atoms with van der Waals surface area (Å²) in [5, 5.41) is 23.7. The number of nitrogens with zero attached hydrogens (tertiary/aromatic N) is 7. The van der Waals surface area contributed by atoms with Crippen LogP contribution in [0.3, 0.4) is 0 Å². The molecule has 1 N–H and O–H groups in total. The molecule has 0 radical (unpaired) electrons. The number of carbonyl (C=O) groups excluding carboxylic acids is 1. The van der Waals surface area contributed by atoms with Gasteiger partial charge in [-0.25, -0.2) is 14.1 Å². The van der Waals surface area contributed by atoms with Gasteiger partial charge in [0, 0.05) is 31.3 Å². The lowest BCUT2D eigenvalue weighted by molar-refractivity contribution is -0.141. The fourth-order valence-electron chi connectivity index (χ4n) is 5.66. The van der Waals surface area contributed by atoms with Gasteiger partial charge in [-0.15, -0.1) is 5.10 Å². The minimum absolute atomic E-state index is 0.0271. The van der Waals surface area contributed by atoms with Crippen LogP contribution in [0.5, 0.6) is 5.88 Å². The van der Waals surface area contributed by atoms with Crippen molar-refractivity contribution in [1.82, 2.24) is 34.4 Å². The number of amides is 1. The highest BCUT2D eigenvalue weighted by Gasteiger charge is 2.37. The zero-order valence-corrected chi connectivity index (χ0v) is 21.9. The monoisotopic (exact) mass is 547 g/mol. The number of ether oxygens (including phenoxy) is 1. The van der Waals surface area contributed by atoms with E-state index in [4.69, 9.17) is 4.74 Å². The molecular formula is C28H30FN7O4. The summed E-state index contributed by atoms with van der Waals surface area (Å²) in [4.78, 5) is 32.6. The zero-order chi connectivity index (χ0) is 27.7. The number of hydrogen-bond acceptors (Lipinski definition) is 8. The summed E-state index contributed by atoms with van der Waals surface area (Å²) in [5.41, 5.74) is -0.503. The molecule has 1 aromatic carbocycles. The number of halogens is 1. The number of hydrogen-bond donors (Lipinski definition) is 1. The average Bonchev–Trinajstić information content (AvgIpc) is 3.41. The van der Waals surface area contributed by atoms with Crippen molar-refractivity contribution >= 4 is 16.9 Å². The van der Waals surface area contributed by atoms with Crippen molar-refractivity contribution in [2.45, 2.75) is 56.8 Å². The Morgan fingerprint density at radius 3 is 2.55 bits per heavy atom. The Bertz CT molecular complexity index is 1540. The quantitative estimate of drug-likeness (QED) is 0.390. The van der Waals surface area contributed by atoms with Crippen LogP contribution >= 0.6 is 0 Å². The Hall–Kier alpha value is -4.19. The second-order valence-corrected chi connectivity index (χ2v) is 10.7. The summed E-state index contributed by atoms with van der Waals surface area (Å²) in [5.74, 6) is 0.198. The third-order valence-electron chi connectivity index (χ3n) is 7.95. The molecule has 208 valence electrons. The molecule has 1 amide bonds. The minimum atomic E-state index is -1.13. The highest BCUT2D eigenvalue weighted by atomic mass is 19.1. The summed E-state index contributed by atoms with van der Waals surface area (Å²) >= 11 is 0. The number of rotatable bonds is 6. The molecule has 1 saturated heterocycles. The molecule has 4 aromatic rings. The van der Waals surface area contributed by atoms with Gasteiger partial charge < -0.3 is 14.7 Å². The van der Waals surface area contributed by atoms with Gasteiger partial charge in [-0.3, -0.25) is 14.2 Å². The fourth-order valence-corrected chi connectivity index (χ4v) is 5.66. The Morgan fingerprint density at radius 2 is 1.85 bits per heavy atom. The van der Waals surface area contributed by atoms with E-state index in [0.717, 1.165) is 25.7 Å². The SMILES string of the molecule is O=C(C1CCC(Oc2cccnn2)CC1)N1CCC(O)(Cn2cnc3c(cnn3-c3ccc(F)cc3)c2=O)CC1. The molecule has 0 unspecified atom stereocenters. The van der Waals surface area contributed by atoms with Crippen LogP contribution in [0.2, 0.25) is 0 Å². The Kier molecular flexibility index (Phi) is 7.01. The third-order valence-corrected chi connectivity index (χ3v) is 7.95. The molecule has 1 aliphatic carbocycles. The van der Waals surface area contributed by atoms with Crippen LogP contribution in [0, 0.1) is 11.7 Å². The average molecular weight is 548 g/mol. The highest BCUT2D eigenvalue weighted by Crippen LogP contribution is 2.31. The van der Waals surface area contributed by atoms with Gasteiger partial charge in [0.05, 0.1) is 24.0 Å². The summed E-state index contributed by atoms with van der Waals surface area (Å²) in [6.07, 6.45) is 8.25. The van der Waals surface area contributed by atoms with Gasteiger partial charge in [-0.05, 0) is 68.9 Å². The van der Waals surface area contributed by atoms with Crippen LogP contribution < -0.4 is 10.3 Å². The summed E-state index contributed by atoms with van der Waals surface area (Å²) in [6, 6.07) is 9.32. The van der Waals surface area contributed by atoms with Crippen LogP contribution in [-0.4, -0.2) is 70.2 Å². The number of benzene rings is 1. The molecule has 1 aliphatic heterocycles. The van der Waals surface area contributed by atoms with Crippen LogP contribution in [-0.2, 0) is 11.3 Å². The maximum atomic E-state index is 13.3. The Morgan fingerprint density at radius 1 is 1.10 bits per heavy atom. The highest BCUT2D eigenvalue weighted by molar-refractivity contribution is 5.79. The first-order valence-electron chi connectivity index (χ1n) is 13.5. The molecule has 12 heteroatoms. The molecule has 11 nitrogen and oxygen atoms in total. The van der Waals surface area contributed by atoms with Crippen LogP contribution in [0.25, 0.3) is 16.7 Å². The summed E-state index contributed by atoms with van der Waals surface area (Å²) in [7, 11) is 0. The number of likely N-dealkylation sites (tertiary alicyclic amines) is 1. The maximum absolute atomic E-state index is 13.3. The van der Waals surface area contributed by atoms with Crippen molar-refractivity contribution in [3.8, 4) is 11.6 Å². The van der Waals surface area contributed by atoms with Crippen molar-refractivity contribution in [1.29, 1.82) is 0 Å². The Labute approximate surface area is 229 Å². The molecule has 4 heterocycles. The van der Waals surface area contributed by atoms with Gasteiger partial charge >= 0.3 is 0 Å². The lowest BCUT2D eigenvalue weighted by Gasteiger charge is -2.40. The number of aromatic nitrogens is 6. The van der Waals surface area contributed by atoms with E-state index in [9.17, 15) is 19.1 Å². The van der Waals surface area contributed by atoms with Crippen LogP contribution in [0.15, 0.2) is 59.9 Å². The normalized spacial score (nSPS) is 20.9. The second kappa shape index (κ2) is 10.8. The van der Waals surface area contributed by atoms with Gasteiger partial charge in [0.1, 0.15) is 23.6 Å². The largest absolute Gasteiger partial charge is 0.473 e. The van der Waals surface area contributed by atoms with Crippen LogP contribution in [0.1, 0.15) is 38.5 Å². The first kappa shape index (κ1) is 26.1. The molecule has 2 fully saturated rings. The lowest BCUT2D eigenvalue weighted by Crippen LogP contribution is -2.51. The molecule has 2 aliphatic rings. The summed E-state index contributed by atoms with van der Waals surface area (Å²) < 4.78 is 22.1. The molecule has 3 aromatic heterocycles. The van der Waals surface area contributed by atoms with Crippen molar-refractivity contribution in [2.75, 3.05) is 13.1 Å². The maximum Gasteiger partial charge on any atom is 0.264 e. The van der Waals surface area contributed by atoms with Crippen molar-refractivity contribution in [3.63, 3.8) is 0 Å². The van der Waals surface area contributed by atoms with Gasteiger partial charge in [-0.2, -0.15) is 10.2 Å². The van der Waals surface area contributed by atoms with Crippen molar-refractivity contribution in [3.05, 3.63) is 71.3 Å². The second-order valence-electron chi connectivity index (χ2n) is 10.7. The van der Waals surface area contributed by atoms with E-state index >= 15 is 0 Å². The van der Waals surface area contributed by atoms with Crippen LogP contribution in [0.4, 0.5) is 4.39 Å². The molecule has 6 rings (SSSR count). The number of fused-ring (bicyclic) bond motifs is 1. The van der Waals surface area contributed by atoms with Gasteiger partial charge in [0.15, 0.2) is 5.65 Å². The fraction of sp³-hybridized carbons (Fsp3) is 0.429. The predicted molar refractivity (Wildman–Crippen MR) is 142 cm³/mol. The number of carbonyl (C=O) groups is 1. The van der Waals surface area contributed by atoms with Gasteiger partial charge in [0.2, 0.25) is 11.8 Å². The topological polar surface area (TPSA) is 128 Å². The minimum Gasteiger partial charge on any atom is -0.473 e. The smallest absolute Gasteiger partial charge is 0.264 e. The molecule has 40 heavy (non-hydrogen) atoms. The van der Waals surface area contributed by atoms with E-state index in [0.29, 0.717) is 48.5 Å². The third kappa shape index (κ3) is 5.31. The van der Waals surface area contributed by atoms with Gasteiger partial charge in [0.25, 0.3) is 5.56 Å². The van der Waals surface area contributed by atoms with Crippen molar-refractivity contribution < 1.29 is 19.0 Å². The Balaban J connectivity index is 1.05. The van der Waals surface area contributed by atoms with Crippen molar-refractivity contribution in [2.24, 2.45) is 5.92 Å². The summed E-state index contributed by atoms with van der Waals surface area (Å²) in [6.45, 7) is 0.930. The molecule has 0 bridgehead atoms. The standard InChI is InChI=1S/C28H30FN7O4/c29-20-5-7-21(8-6-20)36-25-23(16-32-36)27(38)35(18-30-25)17-28(39)11-14-34(15-12-28)26(37)19-3-9-22(10-4-19)40-24-2-1-13-31-33-24/h1-2,5-8,13,16,18-19,22,39H,3-4,9-12,14-15,17H2. The lowest BCUT2D eigenvalue weighted by atomic mass is 9.85. The number of piperidine rings is 1. The predicted octanol–water partition coefficient (Wildman–Crippen LogP) is 2.50. The molecular weight excluding hydrogens is 517 g/mol. The van der Waals surface area contributed by atoms with E-state index < -0.39 is 5.60 Å². The van der Waals surface area contributed by atoms with E-state index in [2.05, 4.69) is 20.3 Å².